The predicted octanol–water partition coefficient (Wildman–Crippen LogP) is 6.34. The van der Waals surface area contributed by atoms with E-state index >= 15 is 17.6 Å². The molecule has 41 heavy (non-hydrogen) atoms. The first-order valence-electron chi connectivity index (χ1n) is 13.8. The molecule has 0 aliphatic carbocycles. The Hall–Kier alpha value is -3.82. The lowest BCUT2D eigenvalue weighted by atomic mass is 9.96. The monoisotopic (exact) mass is 574 g/mol. The minimum atomic E-state index is -3.02. The molecule has 10 heteroatoms. The minimum Gasteiger partial charge on any atom is -0.508 e. The summed E-state index contributed by atoms with van der Waals surface area (Å²) in [7, 11) is 0. The summed E-state index contributed by atoms with van der Waals surface area (Å²) in [4.78, 5) is 27.3. The Balaban J connectivity index is 1.86. The highest BCUT2D eigenvalue weighted by molar-refractivity contribution is 6.10. The molecular weight excluding hydrogens is 540 g/mol. The molecule has 6 nitrogen and oxygen atoms in total. The highest BCUT2D eigenvalue weighted by Gasteiger charge is 2.75. The average Bonchev–Trinajstić information content (AvgIpc) is 3.28. The van der Waals surface area contributed by atoms with Crippen LogP contribution in [0.4, 0.5) is 28.9 Å². The fourth-order valence-corrected chi connectivity index (χ4v) is 5.43. The Bertz CT molecular complexity index is 1250. The van der Waals surface area contributed by atoms with Gasteiger partial charge in [0.1, 0.15) is 11.5 Å². The predicted molar refractivity (Wildman–Crippen MR) is 149 cm³/mol. The van der Waals surface area contributed by atoms with Gasteiger partial charge in [0.25, 0.3) is 11.8 Å². The Labute approximate surface area is 236 Å². The first-order valence-corrected chi connectivity index (χ1v) is 13.8. The molecule has 1 spiro atoms. The van der Waals surface area contributed by atoms with Crippen LogP contribution < -0.4 is 9.80 Å². The van der Waals surface area contributed by atoms with Crippen molar-refractivity contribution in [3.63, 3.8) is 0 Å². The fraction of sp³-hybridized carbons (Fsp3) is 0.419. The van der Waals surface area contributed by atoms with Crippen LogP contribution in [0.25, 0.3) is 0 Å². The maximum absolute atomic E-state index is 16.0. The molecule has 4 rings (SSSR count). The van der Waals surface area contributed by atoms with Gasteiger partial charge in [-0.3, -0.25) is 19.4 Å². The summed E-state index contributed by atoms with van der Waals surface area (Å²) in [6.07, 6.45) is -0.609. The van der Waals surface area contributed by atoms with Crippen molar-refractivity contribution in [2.24, 2.45) is 0 Å². The van der Waals surface area contributed by atoms with E-state index in [1.54, 1.807) is 12.2 Å². The van der Waals surface area contributed by atoms with E-state index in [2.05, 4.69) is 0 Å². The molecule has 0 bridgehead atoms. The number of benzene rings is 2. The summed E-state index contributed by atoms with van der Waals surface area (Å²) in [5, 5.41) is 20.7. The molecule has 2 amide bonds. The number of aromatic hydroxyl groups is 2. The molecule has 2 fully saturated rings. The summed E-state index contributed by atoms with van der Waals surface area (Å²) in [5.74, 6) is -3.29. The molecule has 2 aliphatic rings. The normalized spacial score (nSPS) is 26.5. The lowest BCUT2D eigenvalue weighted by Crippen LogP contribution is -2.65. The molecule has 2 N–H and O–H groups in total. The number of carbonyl (C=O) groups excluding carboxylic acids is 2. The summed E-state index contributed by atoms with van der Waals surface area (Å²) < 4.78 is 62.4. The van der Waals surface area contributed by atoms with E-state index in [-0.39, 0.29) is 46.8 Å². The molecule has 2 aromatic carbocycles. The summed E-state index contributed by atoms with van der Waals surface area (Å²) >= 11 is 0. The smallest absolute Gasteiger partial charge is 0.266 e. The van der Waals surface area contributed by atoms with Crippen molar-refractivity contribution < 1.29 is 37.4 Å². The van der Waals surface area contributed by atoms with Crippen molar-refractivity contribution in [1.82, 2.24) is 0 Å². The Morgan fingerprint density at radius 1 is 0.707 bits per heavy atom. The molecule has 2 aromatic rings. The number of anilines is 2. The number of phenolic OH excluding ortho intramolecular Hbond substituents is 2. The van der Waals surface area contributed by atoms with Crippen LogP contribution in [0.5, 0.6) is 11.5 Å². The molecule has 2 aliphatic heterocycles. The van der Waals surface area contributed by atoms with Gasteiger partial charge in [-0.1, -0.05) is 51.0 Å². The highest BCUT2D eigenvalue weighted by atomic mass is 19.2. The molecular formula is C31H34F4N2O4. The number of phenols is 2. The number of nitrogens with zero attached hydrogens (tertiary/aromatic N) is 2. The first-order chi connectivity index (χ1) is 19.6. The first kappa shape index (κ1) is 30.1. The fourth-order valence-electron chi connectivity index (χ4n) is 5.43. The van der Waals surface area contributed by atoms with Crippen molar-refractivity contribution in [3.8, 4) is 11.5 Å². The van der Waals surface area contributed by atoms with Gasteiger partial charge in [0.15, 0.2) is 18.0 Å². The zero-order valence-electron chi connectivity index (χ0n) is 22.9. The van der Waals surface area contributed by atoms with E-state index in [4.69, 9.17) is 0 Å². The quantitative estimate of drug-likeness (QED) is 0.257. The molecule has 4 unspecified atom stereocenters. The second kappa shape index (κ2) is 12.4. The van der Waals surface area contributed by atoms with Gasteiger partial charge in [-0.2, -0.15) is 0 Å². The number of rotatable bonds is 10. The zero-order valence-corrected chi connectivity index (χ0v) is 22.9. The van der Waals surface area contributed by atoms with E-state index in [1.807, 2.05) is 26.0 Å². The van der Waals surface area contributed by atoms with Crippen LogP contribution in [-0.4, -0.2) is 52.4 Å². The Morgan fingerprint density at radius 3 is 1.46 bits per heavy atom. The van der Waals surface area contributed by atoms with Crippen LogP contribution in [0.3, 0.4) is 0 Å². The second-order valence-corrected chi connectivity index (χ2v) is 10.3. The van der Waals surface area contributed by atoms with Crippen LogP contribution in [0.1, 0.15) is 50.7 Å². The summed E-state index contributed by atoms with van der Waals surface area (Å²) in [6.45, 7) is 3.98. The number of alkyl halides is 4. The second-order valence-electron chi connectivity index (χ2n) is 10.3. The Morgan fingerprint density at radius 2 is 1.10 bits per heavy atom. The zero-order chi connectivity index (χ0) is 29.9. The Kier molecular flexibility index (Phi) is 9.09. The number of halogens is 4. The third kappa shape index (κ3) is 5.20. The van der Waals surface area contributed by atoms with Crippen molar-refractivity contribution >= 4 is 23.2 Å². The molecule has 2 heterocycles. The minimum absolute atomic E-state index is 0.164. The molecule has 2 saturated heterocycles. The van der Waals surface area contributed by atoms with Gasteiger partial charge in [0, 0.05) is 11.4 Å². The number of unbranched alkanes of at least 4 members (excludes halogenated alkanes) is 2. The van der Waals surface area contributed by atoms with Crippen LogP contribution in [0, 0.1) is 0 Å². The van der Waals surface area contributed by atoms with Crippen molar-refractivity contribution in [2.45, 2.75) is 82.7 Å². The van der Waals surface area contributed by atoms with Crippen LogP contribution >= 0.6 is 0 Å². The molecule has 0 saturated carbocycles. The van der Waals surface area contributed by atoms with Crippen molar-refractivity contribution in [3.05, 3.63) is 71.8 Å². The largest absolute Gasteiger partial charge is 0.508 e. The van der Waals surface area contributed by atoms with Crippen molar-refractivity contribution in [2.75, 3.05) is 9.80 Å². The van der Waals surface area contributed by atoms with Crippen molar-refractivity contribution in [1.29, 1.82) is 0 Å². The van der Waals surface area contributed by atoms with Gasteiger partial charge in [-0.05, 0) is 73.2 Å². The van der Waals surface area contributed by atoms with E-state index < -0.39 is 42.2 Å². The summed E-state index contributed by atoms with van der Waals surface area (Å²) in [5.41, 5.74) is -2.86. The lowest BCUT2D eigenvalue weighted by Gasteiger charge is -2.43. The highest BCUT2D eigenvalue weighted by Crippen LogP contribution is 2.52. The molecule has 0 radical (unpaired) electrons. The summed E-state index contributed by atoms with van der Waals surface area (Å²) in [6, 6.07) is 7.28. The molecule has 0 aromatic heterocycles. The van der Waals surface area contributed by atoms with E-state index in [0.717, 1.165) is 25.7 Å². The van der Waals surface area contributed by atoms with Crippen LogP contribution in [-0.2, 0) is 22.4 Å². The van der Waals surface area contributed by atoms with E-state index in [9.17, 15) is 19.8 Å². The standard InChI is InChI=1S/C31H34F4N2O4/c1-3-5-7-9-11-19-17-21(13-15-23(19)38)36-29(40)25(32)27(34)31(36)28(35)26(33)30(41)37(31)22-14-16-24(39)20(18-22)12-10-8-6-4-2/h7-10,13-18,25-28,38-39H,3-6,11-12H2,1-2H3/b9-7+,10-8+. The number of amides is 2. The van der Waals surface area contributed by atoms with Crippen LogP contribution in [0.2, 0.25) is 0 Å². The molecule has 4 atom stereocenters. The molecule has 220 valence electrons. The average molecular weight is 575 g/mol. The van der Waals surface area contributed by atoms with Gasteiger partial charge >= 0.3 is 0 Å². The number of hydrogen-bond donors (Lipinski definition) is 2. The SMILES string of the molecule is CCC/C=C/Cc1cc(N2C(=O)C(F)C(F)C23C(F)C(F)C(=O)N3c2ccc(O)c(C/C=C/CCC)c2)ccc1O. The number of carbonyl (C=O) groups is 2. The van der Waals surface area contributed by atoms with Gasteiger partial charge < -0.3 is 10.2 Å². The third-order valence-electron chi connectivity index (χ3n) is 7.52. The lowest BCUT2D eigenvalue weighted by molar-refractivity contribution is -0.122. The maximum Gasteiger partial charge on any atom is 0.266 e. The van der Waals surface area contributed by atoms with E-state index in [1.165, 1.54) is 36.4 Å². The van der Waals surface area contributed by atoms with Gasteiger partial charge in [0.05, 0.1) is 0 Å². The third-order valence-corrected chi connectivity index (χ3v) is 7.52. The van der Waals surface area contributed by atoms with Gasteiger partial charge in [-0.15, -0.1) is 0 Å². The van der Waals surface area contributed by atoms with E-state index in [0.29, 0.717) is 9.80 Å². The topological polar surface area (TPSA) is 81.1 Å². The maximum atomic E-state index is 16.0. The van der Waals surface area contributed by atoms with Crippen LogP contribution in [0.15, 0.2) is 60.7 Å². The van der Waals surface area contributed by atoms with Gasteiger partial charge in [0.2, 0.25) is 12.3 Å². The number of allylic oxidation sites excluding steroid dienone is 4. The van der Waals surface area contributed by atoms with Gasteiger partial charge in [-0.25, -0.2) is 17.6 Å². The number of hydrogen-bond acceptors (Lipinski definition) is 4.